The molecule has 0 aliphatic carbocycles. The SMILES string of the molecule is COC(=O)c1ccc(C(=O)N(/N=C/c2ccc([N+](=O)[O-])cc2)c2nc3ccc(OC)cc3s2)cc1. The quantitative estimate of drug-likeness (QED) is 0.159. The van der Waals surface area contributed by atoms with Crippen LogP contribution in [0.2, 0.25) is 0 Å². The zero-order valence-electron chi connectivity index (χ0n) is 18.6. The summed E-state index contributed by atoms with van der Waals surface area (Å²) in [5, 5.41) is 16.7. The molecule has 11 heteroatoms. The van der Waals surface area contributed by atoms with Gasteiger partial charge in [-0.15, -0.1) is 0 Å². The van der Waals surface area contributed by atoms with E-state index in [0.717, 1.165) is 9.71 Å². The van der Waals surface area contributed by atoms with E-state index >= 15 is 0 Å². The third-order valence-electron chi connectivity index (χ3n) is 4.94. The molecule has 3 aromatic carbocycles. The average Bonchev–Trinajstić information content (AvgIpc) is 3.31. The molecule has 0 unspecified atom stereocenters. The summed E-state index contributed by atoms with van der Waals surface area (Å²) in [7, 11) is 2.84. The number of nitro benzene ring substituents is 1. The largest absolute Gasteiger partial charge is 0.497 e. The highest BCUT2D eigenvalue weighted by atomic mass is 32.1. The number of esters is 1. The van der Waals surface area contributed by atoms with E-state index in [4.69, 9.17) is 9.47 Å². The molecule has 1 aromatic heterocycles. The van der Waals surface area contributed by atoms with Gasteiger partial charge in [0.15, 0.2) is 0 Å². The number of carbonyl (C=O) groups is 2. The van der Waals surface area contributed by atoms with E-state index in [1.54, 1.807) is 19.2 Å². The molecule has 0 saturated heterocycles. The van der Waals surface area contributed by atoms with Crippen molar-refractivity contribution in [1.82, 2.24) is 4.98 Å². The number of rotatable bonds is 7. The molecular weight excluding hydrogens is 472 g/mol. The predicted molar refractivity (Wildman–Crippen MR) is 131 cm³/mol. The second-order valence-corrected chi connectivity index (χ2v) is 8.12. The molecule has 1 amide bonds. The number of amides is 1. The minimum atomic E-state index is -0.517. The topological polar surface area (TPSA) is 124 Å². The lowest BCUT2D eigenvalue weighted by Gasteiger charge is -2.14. The van der Waals surface area contributed by atoms with E-state index < -0.39 is 16.8 Å². The van der Waals surface area contributed by atoms with Crippen molar-refractivity contribution in [3.05, 3.63) is 93.5 Å². The zero-order valence-corrected chi connectivity index (χ0v) is 19.4. The number of non-ortho nitro benzene ring substituents is 1. The Balaban J connectivity index is 1.71. The molecule has 0 aliphatic rings. The number of anilines is 1. The van der Waals surface area contributed by atoms with E-state index in [1.807, 2.05) is 6.07 Å². The highest BCUT2D eigenvalue weighted by molar-refractivity contribution is 7.22. The summed E-state index contributed by atoms with van der Waals surface area (Å²) in [6.45, 7) is 0. The molecule has 0 spiro atoms. The van der Waals surface area contributed by atoms with E-state index in [1.165, 1.54) is 73.2 Å². The zero-order chi connectivity index (χ0) is 24.9. The molecule has 176 valence electrons. The summed E-state index contributed by atoms with van der Waals surface area (Å²) >= 11 is 1.25. The Morgan fingerprint density at radius 3 is 2.34 bits per heavy atom. The fourth-order valence-corrected chi connectivity index (χ4v) is 4.05. The van der Waals surface area contributed by atoms with E-state index in [-0.39, 0.29) is 11.3 Å². The number of hydrogen-bond donors (Lipinski definition) is 0. The summed E-state index contributed by atoms with van der Waals surface area (Å²) in [5.41, 5.74) is 1.74. The predicted octanol–water partition coefficient (Wildman–Crippen LogP) is 4.68. The maximum Gasteiger partial charge on any atom is 0.337 e. The monoisotopic (exact) mass is 490 g/mol. The molecule has 0 N–H and O–H groups in total. The van der Waals surface area contributed by atoms with Crippen LogP contribution in [0, 0.1) is 10.1 Å². The Morgan fingerprint density at radius 1 is 1.03 bits per heavy atom. The number of aromatic nitrogens is 1. The summed E-state index contributed by atoms with van der Waals surface area (Å²) < 4.78 is 10.8. The number of hydrazone groups is 1. The first-order valence-corrected chi connectivity index (χ1v) is 11.0. The van der Waals surface area contributed by atoms with Gasteiger partial charge in [0, 0.05) is 17.7 Å². The molecule has 1 heterocycles. The van der Waals surface area contributed by atoms with Crippen LogP contribution in [0.4, 0.5) is 10.8 Å². The lowest BCUT2D eigenvalue weighted by atomic mass is 10.1. The van der Waals surface area contributed by atoms with E-state index in [0.29, 0.717) is 27.5 Å². The molecule has 0 radical (unpaired) electrons. The first kappa shape index (κ1) is 23.5. The number of fused-ring (bicyclic) bond motifs is 1. The van der Waals surface area contributed by atoms with Crippen molar-refractivity contribution in [3.63, 3.8) is 0 Å². The van der Waals surface area contributed by atoms with Gasteiger partial charge in [0.2, 0.25) is 5.13 Å². The van der Waals surface area contributed by atoms with Crippen LogP contribution in [0.5, 0.6) is 5.75 Å². The van der Waals surface area contributed by atoms with Crippen molar-refractivity contribution in [2.45, 2.75) is 0 Å². The van der Waals surface area contributed by atoms with Gasteiger partial charge in [-0.25, -0.2) is 9.78 Å². The minimum absolute atomic E-state index is 0.0547. The molecule has 0 fully saturated rings. The minimum Gasteiger partial charge on any atom is -0.497 e. The number of nitro groups is 1. The Kier molecular flexibility index (Phi) is 6.78. The smallest absolute Gasteiger partial charge is 0.337 e. The van der Waals surface area contributed by atoms with Gasteiger partial charge in [0.1, 0.15) is 5.75 Å². The van der Waals surface area contributed by atoms with Gasteiger partial charge < -0.3 is 9.47 Å². The van der Waals surface area contributed by atoms with Crippen LogP contribution in [0.3, 0.4) is 0 Å². The first-order chi connectivity index (χ1) is 16.9. The van der Waals surface area contributed by atoms with Crippen molar-refractivity contribution >= 4 is 50.5 Å². The number of nitrogens with zero attached hydrogens (tertiary/aromatic N) is 4. The van der Waals surface area contributed by atoms with Crippen LogP contribution in [0.15, 0.2) is 71.8 Å². The lowest BCUT2D eigenvalue weighted by molar-refractivity contribution is -0.384. The molecule has 35 heavy (non-hydrogen) atoms. The van der Waals surface area contributed by atoms with E-state index in [9.17, 15) is 19.7 Å². The fraction of sp³-hybridized carbons (Fsp3) is 0.0833. The first-order valence-electron chi connectivity index (χ1n) is 10.2. The average molecular weight is 490 g/mol. The number of carbonyl (C=O) groups excluding carboxylic acids is 2. The normalized spacial score (nSPS) is 10.9. The van der Waals surface area contributed by atoms with Crippen molar-refractivity contribution in [2.24, 2.45) is 5.10 Å². The lowest BCUT2D eigenvalue weighted by Crippen LogP contribution is -2.25. The summed E-state index contributed by atoms with van der Waals surface area (Å²) in [6.07, 6.45) is 1.41. The van der Waals surface area contributed by atoms with Gasteiger partial charge in [-0.1, -0.05) is 11.3 Å². The van der Waals surface area contributed by atoms with Crippen molar-refractivity contribution in [2.75, 3.05) is 19.2 Å². The summed E-state index contributed by atoms with van der Waals surface area (Å²) in [4.78, 5) is 40.1. The van der Waals surface area contributed by atoms with Gasteiger partial charge in [-0.05, 0) is 60.2 Å². The molecule has 0 atom stereocenters. The number of hydrogen-bond acceptors (Lipinski definition) is 9. The highest BCUT2D eigenvalue weighted by Gasteiger charge is 2.22. The molecule has 0 aliphatic heterocycles. The fourth-order valence-electron chi connectivity index (χ4n) is 3.09. The molecule has 4 rings (SSSR count). The number of thiazole rings is 1. The van der Waals surface area contributed by atoms with E-state index in [2.05, 4.69) is 10.1 Å². The standard InChI is InChI=1S/C24H18N4O6S/c1-33-19-11-12-20-21(13-19)35-24(26-20)27(25-14-15-3-9-18(10-4-15)28(31)32)22(29)16-5-7-17(8-6-16)23(30)34-2/h3-14H,1-2H3/b25-14+. The number of ether oxygens (including phenoxy) is 2. The number of benzene rings is 3. The van der Waals surface area contributed by atoms with Crippen LogP contribution < -0.4 is 9.75 Å². The Labute approximate surface area is 203 Å². The van der Waals surface area contributed by atoms with Gasteiger partial charge in [0.25, 0.3) is 11.6 Å². The van der Waals surface area contributed by atoms with Crippen molar-refractivity contribution in [1.29, 1.82) is 0 Å². The van der Waals surface area contributed by atoms with Crippen LogP contribution in [-0.4, -0.2) is 42.2 Å². The van der Waals surface area contributed by atoms with Gasteiger partial charge >= 0.3 is 5.97 Å². The Hall–Kier alpha value is -4.64. The number of methoxy groups -OCH3 is 2. The van der Waals surface area contributed by atoms with Crippen LogP contribution in [-0.2, 0) is 4.74 Å². The third-order valence-corrected chi connectivity index (χ3v) is 5.93. The van der Waals surface area contributed by atoms with Gasteiger partial charge in [-0.3, -0.25) is 14.9 Å². The Bertz CT molecular complexity index is 1430. The molecule has 0 saturated carbocycles. The van der Waals surface area contributed by atoms with Crippen molar-refractivity contribution in [3.8, 4) is 5.75 Å². The van der Waals surface area contributed by atoms with Gasteiger partial charge in [0.05, 0.1) is 41.1 Å². The Morgan fingerprint density at radius 2 is 1.71 bits per heavy atom. The maximum atomic E-state index is 13.4. The second-order valence-electron chi connectivity index (χ2n) is 7.11. The van der Waals surface area contributed by atoms with Gasteiger partial charge in [-0.2, -0.15) is 10.1 Å². The maximum absolute atomic E-state index is 13.4. The van der Waals surface area contributed by atoms with Crippen molar-refractivity contribution < 1.29 is 24.0 Å². The van der Waals surface area contributed by atoms with Crippen LogP contribution in [0.1, 0.15) is 26.3 Å². The molecule has 10 nitrogen and oxygen atoms in total. The third kappa shape index (κ3) is 5.14. The van der Waals surface area contributed by atoms with Crippen LogP contribution in [0.25, 0.3) is 10.2 Å². The summed E-state index contributed by atoms with van der Waals surface area (Å²) in [5.74, 6) is -0.346. The molecular formula is C24H18N4O6S. The van der Waals surface area contributed by atoms with Crippen LogP contribution >= 0.6 is 11.3 Å². The summed E-state index contributed by atoms with van der Waals surface area (Å²) in [6, 6.07) is 17.1. The highest BCUT2D eigenvalue weighted by Crippen LogP contribution is 2.32. The molecule has 4 aromatic rings. The second kappa shape index (κ2) is 10.1. The molecule has 0 bridgehead atoms.